The number of nitrogens with two attached hydrogens (primary N) is 1. The van der Waals surface area contributed by atoms with Gasteiger partial charge in [-0.05, 0) is 0 Å². The molecule has 0 radical (unpaired) electrons. The number of nitrogens with zero attached hydrogens (tertiary/aromatic N) is 2. The van der Waals surface area contributed by atoms with E-state index < -0.39 is 5.97 Å². The Kier molecular flexibility index (Phi) is 4.73. The summed E-state index contributed by atoms with van der Waals surface area (Å²) >= 11 is 0. The van der Waals surface area contributed by atoms with Crippen LogP contribution in [0.4, 0.5) is 0 Å². The van der Waals surface area contributed by atoms with E-state index in [4.69, 9.17) is 10.9 Å². The van der Waals surface area contributed by atoms with Crippen LogP contribution in [-0.4, -0.2) is 42.7 Å². The zero-order valence-electron chi connectivity index (χ0n) is 7.03. The summed E-state index contributed by atoms with van der Waals surface area (Å²) in [4.78, 5) is 13.7. The second kappa shape index (κ2) is 5.33. The highest BCUT2D eigenvalue weighted by Gasteiger charge is 1.98. The van der Waals surface area contributed by atoms with Gasteiger partial charge >= 0.3 is 5.97 Å². The molecular weight excluding hydrogens is 162 g/mol. The number of hydrazine groups is 2. The Morgan fingerprint density at radius 1 is 1.67 bits per heavy atom. The maximum absolute atomic E-state index is 10.1. The van der Waals surface area contributed by atoms with Crippen molar-refractivity contribution in [1.82, 2.24) is 15.9 Å². The lowest BCUT2D eigenvalue weighted by Crippen LogP contribution is -2.47. The number of carbonyl (C=O) groups is 1. The highest BCUT2D eigenvalue weighted by atomic mass is 16.4. The fourth-order valence-electron chi connectivity index (χ4n) is 0.472. The zero-order chi connectivity index (χ0) is 9.56. The van der Waals surface area contributed by atoms with E-state index in [0.717, 1.165) is 0 Å². The molecule has 0 aromatic heterocycles. The Hall–Kier alpha value is -1.34. The van der Waals surface area contributed by atoms with Crippen LogP contribution in [0.25, 0.3) is 0 Å². The molecule has 0 unspecified atom stereocenters. The lowest BCUT2D eigenvalue weighted by molar-refractivity contribution is -0.135. The number of hydrogen-bond donors (Lipinski definition) is 4. The second-order valence-electron chi connectivity index (χ2n) is 2.21. The molecule has 0 aliphatic carbocycles. The smallest absolute Gasteiger partial charge is 0.325 e. The number of guanidine groups is 1. The van der Waals surface area contributed by atoms with Crippen LogP contribution in [0, 0.1) is 0 Å². The Morgan fingerprint density at radius 3 is 2.58 bits per heavy atom. The molecular formula is C5H13N5O2. The van der Waals surface area contributed by atoms with Gasteiger partial charge in [0.25, 0.3) is 0 Å². The van der Waals surface area contributed by atoms with Crippen molar-refractivity contribution in [2.45, 2.75) is 0 Å². The number of aliphatic imine (C=N–C) groups is 1. The first-order valence-corrected chi connectivity index (χ1v) is 3.23. The molecule has 0 aliphatic heterocycles. The lowest BCUT2D eigenvalue weighted by atomic mass is 10.7. The van der Waals surface area contributed by atoms with Crippen molar-refractivity contribution in [1.29, 1.82) is 0 Å². The minimum Gasteiger partial charge on any atom is -0.480 e. The molecule has 0 saturated carbocycles. The van der Waals surface area contributed by atoms with E-state index in [1.54, 1.807) is 19.1 Å². The van der Waals surface area contributed by atoms with Crippen molar-refractivity contribution in [2.75, 3.05) is 20.6 Å². The molecule has 0 aromatic carbocycles. The molecule has 0 spiro atoms. The summed E-state index contributed by atoms with van der Waals surface area (Å²) < 4.78 is 0. The van der Waals surface area contributed by atoms with E-state index in [1.165, 1.54) is 0 Å². The van der Waals surface area contributed by atoms with Gasteiger partial charge in [0, 0.05) is 14.1 Å². The maximum atomic E-state index is 10.1. The molecule has 0 aliphatic rings. The van der Waals surface area contributed by atoms with Crippen LogP contribution < -0.4 is 16.7 Å². The third-order valence-electron chi connectivity index (χ3n) is 0.839. The molecule has 0 atom stereocenters. The summed E-state index contributed by atoms with van der Waals surface area (Å²) in [6, 6.07) is 0. The van der Waals surface area contributed by atoms with E-state index in [1.807, 2.05) is 0 Å². The van der Waals surface area contributed by atoms with Gasteiger partial charge in [-0.2, -0.15) is 0 Å². The predicted molar refractivity (Wildman–Crippen MR) is 44.1 cm³/mol. The van der Waals surface area contributed by atoms with Crippen LogP contribution in [-0.2, 0) is 4.79 Å². The number of hydrogen-bond acceptors (Lipinski definition) is 4. The van der Waals surface area contributed by atoms with Crippen LogP contribution in [0.15, 0.2) is 4.99 Å². The highest BCUT2D eigenvalue weighted by Crippen LogP contribution is 1.72. The third kappa shape index (κ3) is 5.45. The molecule has 7 heteroatoms. The largest absolute Gasteiger partial charge is 0.480 e. The zero-order valence-corrected chi connectivity index (χ0v) is 7.03. The molecule has 0 heterocycles. The molecule has 0 rings (SSSR count). The summed E-state index contributed by atoms with van der Waals surface area (Å²) in [5.74, 6) is 4.24. The third-order valence-corrected chi connectivity index (χ3v) is 0.839. The van der Waals surface area contributed by atoms with Gasteiger partial charge in [0.1, 0.15) is 6.54 Å². The van der Waals surface area contributed by atoms with Crippen LogP contribution >= 0.6 is 0 Å². The monoisotopic (exact) mass is 175 g/mol. The van der Waals surface area contributed by atoms with Crippen LogP contribution in [0.1, 0.15) is 0 Å². The van der Waals surface area contributed by atoms with Gasteiger partial charge in [-0.25, -0.2) is 15.8 Å². The van der Waals surface area contributed by atoms with Crippen LogP contribution in [0.2, 0.25) is 0 Å². The molecule has 70 valence electrons. The highest BCUT2D eigenvalue weighted by molar-refractivity contribution is 5.81. The molecule has 0 fully saturated rings. The quantitative estimate of drug-likeness (QED) is 0.170. The Bertz CT molecular complexity index is 179. The SMILES string of the molecule is CN(C)N/C(=N/CC(=O)O)NN. The molecule has 0 bridgehead atoms. The van der Waals surface area contributed by atoms with Crippen LogP contribution in [0.3, 0.4) is 0 Å². The lowest BCUT2D eigenvalue weighted by Gasteiger charge is -2.14. The normalized spacial score (nSPS) is 11.5. The van der Waals surface area contributed by atoms with Crippen molar-refractivity contribution in [3.8, 4) is 0 Å². The van der Waals surface area contributed by atoms with E-state index in [-0.39, 0.29) is 12.5 Å². The summed E-state index contributed by atoms with van der Waals surface area (Å²) in [7, 11) is 3.46. The van der Waals surface area contributed by atoms with Gasteiger partial charge in [0.2, 0.25) is 5.96 Å². The Labute approximate surface area is 70.2 Å². The van der Waals surface area contributed by atoms with Crippen molar-refractivity contribution in [3.05, 3.63) is 0 Å². The van der Waals surface area contributed by atoms with Crippen molar-refractivity contribution >= 4 is 11.9 Å². The Morgan fingerprint density at radius 2 is 2.25 bits per heavy atom. The summed E-state index contributed by atoms with van der Waals surface area (Å²) in [6.07, 6.45) is 0. The molecule has 7 nitrogen and oxygen atoms in total. The summed E-state index contributed by atoms with van der Waals surface area (Å²) in [6.45, 7) is -0.319. The number of carboxylic acid groups (broad SMARTS) is 1. The van der Waals surface area contributed by atoms with Gasteiger partial charge in [-0.15, -0.1) is 0 Å². The van der Waals surface area contributed by atoms with Gasteiger partial charge in [-0.1, -0.05) is 0 Å². The number of rotatable bonds is 3. The summed E-state index contributed by atoms with van der Waals surface area (Å²) in [5, 5.41) is 9.86. The fourth-order valence-corrected chi connectivity index (χ4v) is 0.472. The summed E-state index contributed by atoms with van der Waals surface area (Å²) in [5.41, 5.74) is 4.89. The minimum absolute atomic E-state index is 0.211. The van der Waals surface area contributed by atoms with Crippen LogP contribution in [0.5, 0.6) is 0 Å². The first kappa shape index (κ1) is 10.7. The van der Waals surface area contributed by atoms with Gasteiger partial charge in [-0.3, -0.25) is 15.6 Å². The number of aliphatic carboxylic acids is 1. The average Bonchev–Trinajstić information content (AvgIpc) is 1.97. The predicted octanol–water partition coefficient (Wildman–Crippen LogP) is -2.04. The van der Waals surface area contributed by atoms with Crippen molar-refractivity contribution in [3.63, 3.8) is 0 Å². The fraction of sp³-hybridized carbons (Fsp3) is 0.600. The van der Waals surface area contributed by atoms with Crippen molar-refractivity contribution in [2.24, 2.45) is 10.8 Å². The minimum atomic E-state index is -1.01. The topological polar surface area (TPSA) is 103 Å². The molecule has 12 heavy (non-hydrogen) atoms. The molecule has 0 saturated heterocycles. The van der Waals surface area contributed by atoms with E-state index >= 15 is 0 Å². The maximum Gasteiger partial charge on any atom is 0.325 e. The van der Waals surface area contributed by atoms with E-state index in [2.05, 4.69) is 15.8 Å². The molecule has 5 N–H and O–H groups in total. The van der Waals surface area contributed by atoms with Crippen molar-refractivity contribution < 1.29 is 9.90 Å². The van der Waals surface area contributed by atoms with Gasteiger partial charge in [0.15, 0.2) is 0 Å². The number of carboxylic acids is 1. The van der Waals surface area contributed by atoms with Gasteiger partial charge < -0.3 is 5.11 Å². The van der Waals surface area contributed by atoms with E-state index in [0.29, 0.717) is 0 Å². The average molecular weight is 175 g/mol. The van der Waals surface area contributed by atoms with E-state index in [9.17, 15) is 4.79 Å². The molecule has 0 amide bonds. The standard InChI is InChI=1S/C5H13N5O2/c1-10(2)9-5(8-6)7-3-4(11)12/h3,6H2,1-2H3,(H,11,12)(H2,7,8,9). The first-order chi connectivity index (χ1) is 5.56. The van der Waals surface area contributed by atoms with Gasteiger partial charge in [0.05, 0.1) is 0 Å². The second-order valence-corrected chi connectivity index (χ2v) is 2.21. The first-order valence-electron chi connectivity index (χ1n) is 3.23. The molecule has 0 aromatic rings. The number of nitrogens with one attached hydrogen (secondary N) is 2. The Balaban J connectivity index is 3.95.